The van der Waals surface area contributed by atoms with Crippen LogP contribution in [0.1, 0.15) is 29.8 Å². The van der Waals surface area contributed by atoms with E-state index in [0.29, 0.717) is 0 Å². The van der Waals surface area contributed by atoms with Crippen molar-refractivity contribution >= 4 is 11.9 Å². The molecular formula is C12H15NO4. The van der Waals surface area contributed by atoms with Crippen molar-refractivity contribution in [2.75, 3.05) is 0 Å². The summed E-state index contributed by atoms with van der Waals surface area (Å²) in [5, 5.41) is 20.8. The van der Waals surface area contributed by atoms with Gasteiger partial charge in [-0.05, 0) is 38.5 Å². The van der Waals surface area contributed by atoms with Gasteiger partial charge < -0.3 is 15.5 Å². The molecule has 0 aliphatic heterocycles. The van der Waals surface area contributed by atoms with Gasteiger partial charge in [0.05, 0.1) is 5.56 Å². The highest BCUT2D eigenvalue weighted by Crippen LogP contribution is 2.19. The Balaban J connectivity index is 2.95. The van der Waals surface area contributed by atoms with Gasteiger partial charge in [-0.3, -0.25) is 4.79 Å². The van der Waals surface area contributed by atoms with E-state index in [1.807, 2.05) is 0 Å². The van der Waals surface area contributed by atoms with Crippen LogP contribution in [0.3, 0.4) is 0 Å². The Kier molecular flexibility index (Phi) is 3.41. The third kappa shape index (κ3) is 2.96. The largest absolute Gasteiger partial charge is 0.507 e. The zero-order valence-corrected chi connectivity index (χ0v) is 9.94. The average Bonchev–Trinajstić information content (AvgIpc) is 2.15. The Morgan fingerprint density at radius 3 is 2.35 bits per heavy atom. The summed E-state index contributed by atoms with van der Waals surface area (Å²) in [6.07, 6.45) is 0. The number of hydrogen-bond donors (Lipinski definition) is 3. The molecule has 0 heterocycles. The van der Waals surface area contributed by atoms with Crippen molar-refractivity contribution in [1.82, 2.24) is 5.32 Å². The Morgan fingerprint density at radius 2 is 1.88 bits per heavy atom. The summed E-state index contributed by atoms with van der Waals surface area (Å²) in [6, 6.07) is 4.57. The number of carboxylic acid groups (broad SMARTS) is 1. The third-order valence-corrected chi connectivity index (χ3v) is 2.36. The monoisotopic (exact) mass is 237 g/mol. The Morgan fingerprint density at radius 1 is 1.29 bits per heavy atom. The number of amides is 1. The van der Waals surface area contributed by atoms with Gasteiger partial charge in [0.15, 0.2) is 0 Å². The highest BCUT2D eigenvalue weighted by molar-refractivity contribution is 5.99. The van der Waals surface area contributed by atoms with Crippen LogP contribution in [0.2, 0.25) is 0 Å². The zero-order valence-electron chi connectivity index (χ0n) is 9.94. The van der Waals surface area contributed by atoms with E-state index in [2.05, 4.69) is 5.32 Å². The van der Waals surface area contributed by atoms with Gasteiger partial charge in [-0.1, -0.05) is 6.07 Å². The molecular weight excluding hydrogens is 222 g/mol. The van der Waals surface area contributed by atoms with Crippen molar-refractivity contribution in [1.29, 1.82) is 0 Å². The zero-order chi connectivity index (χ0) is 13.2. The van der Waals surface area contributed by atoms with Crippen LogP contribution in [0, 0.1) is 6.92 Å². The standard InChI is InChI=1S/C12H15NO4/c1-7-4-5-8(9(14)6-7)10(15)13-12(2,3)11(16)17/h4-6,14H,1-3H3,(H,13,15)(H,16,17). The average molecular weight is 237 g/mol. The first-order chi connectivity index (χ1) is 7.74. The molecule has 0 atom stereocenters. The van der Waals surface area contributed by atoms with Gasteiger partial charge in [-0.15, -0.1) is 0 Å². The lowest BCUT2D eigenvalue weighted by atomic mass is 10.0. The van der Waals surface area contributed by atoms with Crippen LogP contribution < -0.4 is 5.32 Å². The van der Waals surface area contributed by atoms with E-state index in [1.165, 1.54) is 26.0 Å². The summed E-state index contributed by atoms with van der Waals surface area (Å²) >= 11 is 0. The van der Waals surface area contributed by atoms with Gasteiger partial charge >= 0.3 is 5.97 Å². The molecule has 0 unspecified atom stereocenters. The van der Waals surface area contributed by atoms with Gasteiger partial charge in [-0.2, -0.15) is 0 Å². The summed E-state index contributed by atoms with van der Waals surface area (Å²) in [6.45, 7) is 4.53. The van der Waals surface area contributed by atoms with Gasteiger partial charge in [0.2, 0.25) is 0 Å². The number of aryl methyl sites for hydroxylation is 1. The number of benzene rings is 1. The van der Waals surface area contributed by atoms with E-state index in [-0.39, 0.29) is 11.3 Å². The Hall–Kier alpha value is -2.04. The first-order valence-electron chi connectivity index (χ1n) is 5.09. The Labute approximate surface area is 99.1 Å². The normalized spacial score (nSPS) is 11.0. The van der Waals surface area contributed by atoms with Gasteiger partial charge in [0, 0.05) is 0 Å². The molecule has 0 bridgehead atoms. The molecule has 0 aliphatic carbocycles. The lowest BCUT2D eigenvalue weighted by Crippen LogP contribution is -2.49. The van der Waals surface area contributed by atoms with Crippen molar-refractivity contribution in [3.05, 3.63) is 29.3 Å². The lowest BCUT2D eigenvalue weighted by Gasteiger charge is -2.21. The van der Waals surface area contributed by atoms with E-state index >= 15 is 0 Å². The molecule has 5 heteroatoms. The van der Waals surface area contributed by atoms with Gasteiger partial charge in [0.1, 0.15) is 11.3 Å². The maximum atomic E-state index is 11.8. The molecule has 0 aliphatic rings. The van der Waals surface area contributed by atoms with E-state index in [0.717, 1.165) is 5.56 Å². The quantitative estimate of drug-likeness (QED) is 0.739. The molecule has 1 rings (SSSR count). The second-order valence-corrected chi connectivity index (χ2v) is 4.40. The number of carbonyl (C=O) groups is 2. The highest BCUT2D eigenvalue weighted by atomic mass is 16.4. The number of hydrogen-bond acceptors (Lipinski definition) is 3. The number of nitrogens with one attached hydrogen (secondary N) is 1. The SMILES string of the molecule is Cc1ccc(C(=O)NC(C)(C)C(=O)O)c(O)c1. The molecule has 5 nitrogen and oxygen atoms in total. The predicted molar refractivity (Wildman–Crippen MR) is 62.0 cm³/mol. The van der Waals surface area contributed by atoms with Crippen LogP contribution in [0.4, 0.5) is 0 Å². The maximum Gasteiger partial charge on any atom is 0.328 e. The number of phenolic OH excluding ortho intramolecular Hbond substituents is 1. The van der Waals surface area contributed by atoms with E-state index in [1.54, 1.807) is 13.0 Å². The lowest BCUT2D eigenvalue weighted by molar-refractivity contribution is -0.143. The number of phenols is 1. The van der Waals surface area contributed by atoms with Crippen LogP contribution in [0.15, 0.2) is 18.2 Å². The van der Waals surface area contributed by atoms with Crippen molar-refractivity contribution in [2.24, 2.45) is 0 Å². The molecule has 0 fully saturated rings. The van der Waals surface area contributed by atoms with Crippen LogP contribution >= 0.6 is 0 Å². The van der Waals surface area contributed by atoms with E-state index < -0.39 is 17.4 Å². The first-order valence-corrected chi connectivity index (χ1v) is 5.09. The summed E-state index contributed by atoms with van der Waals surface area (Å²) in [4.78, 5) is 22.6. The predicted octanol–water partition coefficient (Wildman–Crippen LogP) is 1.29. The third-order valence-electron chi connectivity index (χ3n) is 2.36. The minimum Gasteiger partial charge on any atom is -0.507 e. The fourth-order valence-corrected chi connectivity index (χ4v) is 1.24. The van der Waals surface area contributed by atoms with E-state index in [9.17, 15) is 14.7 Å². The second-order valence-electron chi connectivity index (χ2n) is 4.40. The van der Waals surface area contributed by atoms with Gasteiger partial charge in [-0.25, -0.2) is 4.79 Å². The van der Waals surface area contributed by atoms with Crippen LogP contribution in [0.5, 0.6) is 5.75 Å². The minimum atomic E-state index is -1.38. The topological polar surface area (TPSA) is 86.6 Å². The smallest absolute Gasteiger partial charge is 0.328 e. The molecule has 0 aromatic heterocycles. The molecule has 1 aromatic rings. The Bertz CT molecular complexity index is 466. The molecule has 0 radical (unpaired) electrons. The van der Waals surface area contributed by atoms with E-state index in [4.69, 9.17) is 5.11 Å². The molecule has 0 spiro atoms. The molecule has 3 N–H and O–H groups in total. The van der Waals surface area contributed by atoms with Crippen molar-refractivity contribution < 1.29 is 19.8 Å². The van der Waals surface area contributed by atoms with Crippen LogP contribution in [-0.4, -0.2) is 27.6 Å². The molecule has 0 saturated carbocycles. The van der Waals surface area contributed by atoms with Crippen molar-refractivity contribution in [3.8, 4) is 5.75 Å². The number of aliphatic carboxylic acids is 1. The number of carboxylic acids is 1. The molecule has 0 saturated heterocycles. The fraction of sp³-hybridized carbons (Fsp3) is 0.333. The van der Waals surface area contributed by atoms with Crippen LogP contribution in [0.25, 0.3) is 0 Å². The second kappa shape index (κ2) is 4.45. The summed E-state index contributed by atoms with van der Waals surface area (Å²) in [5.41, 5.74) is -0.504. The first kappa shape index (κ1) is 13.0. The highest BCUT2D eigenvalue weighted by Gasteiger charge is 2.29. The minimum absolute atomic E-state index is 0.0601. The fourth-order valence-electron chi connectivity index (χ4n) is 1.24. The van der Waals surface area contributed by atoms with Crippen LogP contribution in [-0.2, 0) is 4.79 Å². The summed E-state index contributed by atoms with van der Waals surface area (Å²) in [7, 11) is 0. The molecule has 92 valence electrons. The maximum absolute atomic E-state index is 11.8. The van der Waals surface area contributed by atoms with Crippen molar-refractivity contribution in [3.63, 3.8) is 0 Å². The van der Waals surface area contributed by atoms with Gasteiger partial charge in [0.25, 0.3) is 5.91 Å². The number of rotatable bonds is 3. The number of carbonyl (C=O) groups excluding carboxylic acids is 1. The summed E-state index contributed by atoms with van der Waals surface area (Å²) in [5.74, 6) is -1.92. The van der Waals surface area contributed by atoms with Crippen molar-refractivity contribution in [2.45, 2.75) is 26.3 Å². The molecule has 1 amide bonds. The molecule has 1 aromatic carbocycles. The number of aromatic hydroxyl groups is 1. The molecule has 17 heavy (non-hydrogen) atoms. The summed E-state index contributed by atoms with van der Waals surface area (Å²) < 4.78 is 0.